The fraction of sp³-hybridized carbons (Fsp3) is 0.556. The highest BCUT2D eigenvalue weighted by molar-refractivity contribution is 6.31. The largest absolute Gasteiger partial charge is 0.338 e. The summed E-state index contributed by atoms with van der Waals surface area (Å²) in [6.45, 7) is 5.23. The zero-order chi connectivity index (χ0) is 17.5. The van der Waals surface area contributed by atoms with Gasteiger partial charge in [-0.25, -0.2) is 4.39 Å². The number of piperidine rings is 1. The van der Waals surface area contributed by atoms with Crippen molar-refractivity contribution in [3.63, 3.8) is 0 Å². The third-order valence-electron chi connectivity index (χ3n) is 5.12. The van der Waals surface area contributed by atoms with Crippen LogP contribution in [0.1, 0.15) is 49.9 Å². The van der Waals surface area contributed by atoms with E-state index in [0.29, 0.717) is 19.4 Å². The molecule has 0 aromatic heterocycles. The summed E-state index contributed by atoms with van der Waals surface area (Å²) in [5.74, 6) is -0.831. The minimum atomic E-state index is -0.779. The number of likely N-dealkylation sites (tertiary alicyclic amines) is 2. The molecule has 2 saturated heterocycles. The van der Waals surface area contributed by atoms with E-state index in [2.05, 4.69) is 0 Å². The number of halogens is 2. The molecule has 1 spiro atoms. The topological polar surface area (TPSA) is 40.6 Å². The Morgan fingerprint density at radius 2 is 1.88 bits per heavy atom. The van der Waals surface area contributed by atoms with E-state index in [1.807, 2.05) is 18.7 Å². The van der Waals surface area contributed by atoms with Crippen LogP contribution in [0.2, 0.25) is 5.02 Å². The molecule has 2 aliphatic rings. The van der Waals surface area contributed by atoms with Gasteiger partial charge in [0.05, 0.1) is 0 Å². The number of benzene rings is 1. The van der Waals surface area contributed by atoms with Crippen LogP contribution in [0.5, 0.6) is 0 Å². The molecule has 24 heavy (non-hydrogen) atoms. The van der Waals surface area contributed by atoms with Gasteiger partial charge in [0.2, 0.25) is 5.91 Å². The van der Waals surface area contributed by atoms with Crippen molar-refractivity contribution in [2.24, 2.45) is 0 Å². The van der Waals surface area contributed by atoms with E-state index in [1.165, 1.54) is 18.2 Å². The van der Waals surface area contributed by atoms with Gasteiger partial charge >= 0.3 is 0 Å². The van der Waals surface area contributed by atoms with Crippen LogP contribution in [0.3, 0.4) is 0 Å². The van der Waals surface area contributed by atoms with Crippen molar-refractivity contribution < 1.29 is 14.0 Å². The van der Waals surface area contributed by atoms with E-state index >= 15 is 0 Å². The van der Waals surface area contributed by atoms with Crippen LogP contribution in [0.4, 0.5) is 4.39 Å². The molecule has 1 aromatic carbocycles. The van der Waals surface area contributed by atoms with Crippen LogP contribution in [0.15, 0.2) is 18.2 Å². The zero-order valence-electron chi connectivity index (χ0n) is 14.0. The molecule has 1 aromatic rings. The van der Waals surface area contributed by atoms with Crippen molar-refractivity contribution in [3.05, 3.63) is 34.6 Å². The molecule has 0 saturated carbocycles. The van der Waals surface area contributed by atoms with Gasteiger partial charge in [-0.2, -0.15) is 0 Å². The van der Waals surface area contributed by atoms with E-state index in [4.69, 9.17) is 11.6 Å². The summed E-state index contributed by atoms with van der Waals surface area (Å²) in [6.07, 6.45) is 3.00. The first-order valence-corrected chi connectivity index (χ1v) is 8.82. The van der Waals surface area contributed by atoms with Crippen molar-refractivity contribution >= 4 is 23.4 Å². The second-order valence-electron chi connectivity index (χ2n) is 6.95. The molecule has 6 heteroatoms. The van der Waals surface area contributed by atoms with E-state index in [9.17, 15) is 14.0 Å². The lowest BCUT2D eigenvalue weighted by Gasteiger charge is -2.46. The quantitative estimate of drug-likeness (QED) is 0.817. The number of rotatable bonds is 2. The minimum absolute atomic E-state index is 0.0251. The summed E-state index contributed by atoms with van der Waals surface area (Å²) in [5.41, 5.74) is -0.575. The molecule has 2 aliphatic heterocycles. The van der Waals surface area contributed by atoms with Crippen LogP contribution >= 0.6 is 11.6 Å². The Hall–Kier alpha value is -1.62. The van der Waals surface area contributed by atoms with E-state index < -0.39 is 11.4 Å². The Kier molecular flexibility index (Phi) is 4.56. The highest BCUT2D eigenvalue weighted by atomic mass is 35.5. The summed E-state index contributed by atoms with van der Waals surface area (Å²) >= 11 is 5.89. The summed E-state index contributed by atoms with van der Waals surface area (Å²) < 4.78 is 13.6. The molecule has 0 radical (unpaired) electrons. The fourth-order valence-corrected chi connectivity index (χ4v) is 4.22. The number of hydrogen-bond donors (Lipinski definition) is 0. The molecule has 2 amide bonds. The molecule has 3 rings (SSSR count). The predicted octanol–water partition coefficient (Wildman–Crippen LogP) is 3.48. The van der Waals surface area contributed by atoms with Crippen LogP contribution in [0, 0.1) is 5.82 Å². The molecule has 2 heterocycles. The zero-order valence-corrected chi connectivity index (χ0v) is 14.8. The van der Waals surface area contributed by atoms with E-state index in [0.717, 1.165) is 19.4 Å². The van der Waals surface area contributed by atoms with Crippen LogP contribution in [0.25, 0.3) is 0 Å². The normalized spacial score (nSPS) is 24.3. The molecule has 130 valence electrons. The summed E-state index contributed by atoms with van der Waals surface area (Å²) in [7, 11) is 0. The maximum absolute atomic E-state index is 13.6. The Balaban J connectivity index is 1.95. The number of nitrogens with zero attached hydrogens (tertiary/aromatic N) is 2. The molecule has 0 N–H and O–H groups in total. The number of amides is 2. The van der Waals surface area contributed by atoms with Gasteiger partial charge < -0.3 is 9.80 Å². The van der Waals surface area contributed by atoms with Crippen molar-refractivity contribution in [2.75, 3.05) is 13.1 Å². The summed E-state index contributed by atoms with van der Waals surface area (Å²) in [4.78, 5) is 29.6. The Morgan fingerprint density at radius 1 is 1.21 bits per heavy atom. The summed E-state index contributed by atoms with van der Waals surface area (Å²) in [6, 6.07) is 3.93. The lowest BCUT2D eigenvalue weighted by molar-refractivity contribution is -0.147. The second kappa shape index (κ2) is 6.36. The van der Waals surface area contributed by atoms with Crippen molar-refractivity contribution in [1.82, 2.24) is 9.80 Å². The molecular weight excluding hydrogens is 331 g/mol. The smallest absolute Gasteiger partial charge is 0.254 e. The standard InChI is InChI=1S/C18H22ClFN2O2/c1-12(2)21-7-3-5-18(17(21)24)6-4-8-22(18)16(23)13-9-14(19)11-15(20)10-13/h9-12H,3-8H2,1-2H3. The average molecular weight is 353 g/mol. The predicted molar refractivity (Wildman–Crippen MR) is 90.5 cm³/mol. The SMILES string of the molecule is CC(C)N1CCCC2(CCCN2C(=O)c2cc(F)cc(Cl)c2)C1=O. The van der Waals surface area contributed by atoms with E-state index in [-0.39, 0.29) is 28.4 Å². The Labute approximate surface area is 146 Å². The van der Waals surface area contributed by atoms with Gasteiger partial charge in [-0.05, 0) is 57.7 Å². The monoisotopic (exact) mass is 352 g/mol. The number of hydrogen-bond acceptors (Lipinski definition) is 2. The maximum Gasteiger partial charge on any atom is 0.254 e. The second-order valence-corrected chi connectivity index (χ2v) is 7.38. The van der Waals surface area contributed by atoms with Gasteiger partial charge in [0.1, 0.15) is 11.4 Å². The van der Waals surface area contributed by atoms with Crippen LogP contribution in [-0.4, -0.2) is 46.3 Å². The Bertz CT molecular complexity index is 659. The lowest BCUT2D eigenvalue weighted by atomic mass is 9.84. The van der Waals surface area contributed by atoms with Gasteiger partial charge in [0, 0.05) is 29.7 Å². The molecule has 1 atom stereocenters. The molecular formula is C18H22ClFN2O2. The van der Waals surface area contributed by atoms with E-state index in [1.54, 1.807) is 4.90 Å². The third kappa shape index (κ3) is 2.79. The van der Waals surface area contributed by atoms with Gasteiger partial charge in [-0.1, -0.05) is 11.6 Å². The van der Waals surface area contributed by atoms with Crippen molar-refractivity contribution in [3.8, 4) is 0 Å². The Morgan fingerprint density at radius 3 is 2.50 bits per heavy atom. The van der Waals surface area contributed by atoms with Gasteiger partial charge in [0.15, 0.2) is 0 Å². The molecule has 0 aliphatic carbocycles. The molecule has 4 nitrogen and oxygen atoms in total. The highest BCUT2D eigenvalue weighted by Crippen LogP contribution is 2.39. The molecule has 1 unspecified atom stereocenters. The van der Waals surface area contributed by atoms with Gasteiger partial charge in [0.25, 0.3) is 5.91 Å². The molecule has 2 fully saturated rings. The summed E-state index contributed by atoms with van der Waals surface area (Å²) in [5, 5.41) is 0.186. The average Bonchev–Trinajstić information content (AvgIpc) is 2.92. The number of carbonyl (C=O) groups excluding carboxylic acids is 2. The first-order valence-electron chi connectivity index (χ1n) is 8.44. The van der Waals surface area contributed by atoms with Crippen molar-refractivity contribution in [1.29, 1.82) is 0 Å². The van der Waals surface area contributed by atoms with Gasteiger partial charge in [-0.3, -0.25) is 9.59 Å². The third-order valence-corrected chi connectivity index (χ3v) is 5.33. The first kappa shape index (κ1) is 17.2. The first-order chi connectivity index (χ1) is 11.3. The van der Waals surface area contributed by atoms with Crippen molar-refractivity contribution in [2.45, 2.75) is 51.1 Å². The minimum Gasteiger partial charge on any atom is -0.338 e. The molecule has 0 bridgehead atoms. The van der Waals surface area contributed by atoms with Crippen LogP contribution in [-0.2, 0) is 4.79 Å². The van der Waals surface area contributed by atoms with Gasteiger partial charge in [-0.15, -0.1) is 0 Å². The maximum atomic E-state index is 13.6. The fourth-order valence-electron chi connectivity index (χ4n) is 4.00. The van der Waals surface area contributed by atoms with Crippen LogP contribution < -0.4 is 0 Å². The highest BCUT2D eigenvalue weighted by Gasteiger charge is 2.53. The lowest BCUT2D eigenvalue weighted by Crippen LogP contribution is -2.62. The number of carbonyl (C=O) groups is 2.